The minimum Gasteiger partial charge on any atom is -0.462 e. The molecular weight excluding hydrogens is 949 g/mol. The standard InChI is InChI=1S/C71H136O6/c1-4-7-10-13-16-19-22-24-26-28-30-32-33-34-35-36-37-39-40-42-44-46-49-52-55-58-61-64-70(73)76-67-68(66-75-69(72)63-60-57-54-51-48-21-18-15-12-9-6-3)77-71(74)65-62-59-56-53-50-47-45-43-41-38-31-29-27-25-23-20-17-14-11-8-5-2/h15,18,68H,4-14,16-17,19-67H2,1-3H3/b18-15-. The Morgan fingerprint density at radius 3 is 0.688 bits per heavy atom. The minimum atomic E-state index is -0.769. The molecule has 0 N–H and O–H groups in total. The molecule has 1 atom stereocenters. The zero-order valence-electron chi connectivity index (χ0n) is 52.5. The van der Waals surface area contributed by atoms with E-state index in [0.717, 1.165) is 64.2 Å². The zero-order valence-corrected chi connectivity index (χ0v) is 52.5. The van der Waals surface area contributed by atoms with Crippen LogP contribution in [0, 0.1) is 0 Å². The maximum absolute atomic E-state index is 12.9. The van der Waals surface area contributed by atoms with E-state index < -0.39 is 6.10 Å². The molecule has 0 amide bonds. The molecule has 0 aromatic carbocycles. The van der Waals surface area contributed by atoms with Crippen molar-refractivity contribution in [2.75, 3.05) is 13.2 Å². The quantitative estimate of drug-likeness (QED) is 0.0261. The van der Waals surface area contributed by atoms with Crippen molar-refractivity contribution in [1.82, 2.24) is 0 Å². The summed E-state index contributed by atoms with van der Waals surface area (Å²) < 4.78 is 17.0. The zero-order chi connectivity index (χ0) is 55.7. The van der Waals surface area contributed by atoms with E-state index in [1.165, 1.54) is 302 Å². The molecule has 0 bridgehead atoms. The van der Waals surface area contributed by atoms with Gasteiger partial charge in [0, 0.05) is 19.3 Å². The van der Waals surface area contributed by atoms with E-state index in [1.54, 1.807) is 0 Å². The van der Waals surface area contributed by atoms with Crippen molar-refractivity contribution in [1.29, 1.82) is 0 Å². The number of ether oxygens (including phenoxy) is 3. The van der Waals surface area contributed by atoms with Gasteiger partial charge in [-0.1, -0.05) is 360 Å². The van der Waals surface area contributed by atoms with Crippen molar-refractivity contribution in [2.45, 2.75) is 412 Å². The molecule has 456 valence electrons. The number of hydrogen-bond acceptors (Lipinski definition) is 6. The summed E-state index contributed by atoms with van der Waals surface area (Å²) in [6.45, 7) is 6.68. The lowest BCUT2D eigenvalue weighted by molar-refractivity contribution is -0.167. The average Bonchev–Trinajstić information content (AvgIpc) is 3.43. The first-order valence-electron chi connectivity index (χ1n) is 35.2. The van der Waals surface area contributed by atoms with E-state index in [9.17, 15) is 14.4 Å². The van der Waals surface area contributed by atoms with Gasteiger partial charge in [0.25, 0.3) is 0 Å². The predicted octanol–water partition coefficient (Wildman–Crippen LogP) is 24.0. The Kier molecular flexibility index (Phi) is 65.1. The molecule has 0 aromatic heterocycles. The van der Waals surface area contributed by atoms with E-state index in [-0.39, 0.29) is 31.1 Å². The second kappa shape index (κ2) is 66.7. The summed E-state index contributed by atoms with van der Waals surface area (Å²) in [6, 6.07) is 0. The van der Waals surface area contributed by atoms with Crippen molar-refractivity contribution in [3.8, 4) is 0 Å². The highest BCUT2D eigenvalue weighted by Crippen LogP contribution is 2.19. The lowest BCUT2D eigenvalue weighted by Gasteiger charge is -2.18. The molecule has 0 rings (SSSR count). The molecule has 0 aromatic rings. The van der Waals surface area contributed by atoms with Crippen LogP contribution >= 0.6 is 0 Å². The molecule has 0 saturated heterocycles. The van der Waals surface area contributed by atoms with Gasteiger partial charge in [0.15, 0.2) is 6.10 Å². The third kappa shape index (κ3) is 64.9. The fourth-order valence-corrected chi connectivity index (χ4v) is 11.0. The molecule has 0 spiro atoms. The number of esters is 3. The van der Waals surface area contributed by atoms with E-state index >= 15 is 0 Å². The largest absolute Gasteiger partial charge is 0.462 e. The molecule has 77 heavy (non-hydrogen) atoms. The van der Waals surface area contributed by atoms with Crippen molar-refractivity contribution >= 4 is 17.9 Å². The molecule has 0 saturated carbocycles. The molecule has 0 heterocycles. The van der Waals surface area contributed by atoms with Crippen LogP contribution in [-0.2, 0) is 28.6 Å². The van der Waals surface area contributed by atoms with Crippen molar-refractivity contribution < 1.29 is 28.6 Å². The Hall–Kier alpha value is -1.85. The predicted molar refractivity (Wildman–Crippen MR) is 335 cm³/mol. The van der Waals surface area contributed by atoms with E-state index in [0.29, 0.717) is 19.3 Å². The molecule has 6 nitrogen and oxygen atoms in total. The Morgan fingerprint density at radius 2 is 0.442 bits per heavy atom. The third-order valence-corrected chi connectivity index (χ3v) is 16.3. The van der Waals surface area contributed by atoms with Crippen molar-refractivity contribution in [2.24, 2.45) is 0 Å². The van der Waals surface area contributed by atoms with Crippen LogP contribution in [0.5, 0.6) is 0 Å². The number of unbranched alkanes of at least 4 members (excludes halogenated alkanes) is 53. The van der Waals surface area contributed by atoms with Gasteiger partial charge in [-0.25, -0.2) is 0 Å². The van der Waals surface area contributed by atoms with Crippen LogP contribution in [0.3, 0.4) is 0 Å². The van der Waals surface area contributed by atoms with Crippen molar-refractivity contribution in [3.63, 3.8) is 0 Å². The van der Waals surface area contributed by atoms with E-state index in [2.05, 4.69) is 32.9 Å². The van der Waals surface area contributed by atoms with Gasteiger partial charge in [-0.3, -0.25) is 14.4 Å². The third-order valence-electron chi connectivity index (χ3n) is 16.3. The Balaban J connectivity index is 4.13. The van der Waals surface area contributed by atoms with Gasteiger partial charge >= 0.3 is 17.9 Å². The summed E-state index contributed by atoms with van der Waals surface area (Å²) >= 11 is 0. The van der Waals surface area contributed by atoms with Crippen LogP contribution in [0.25, 0.3) is 0 Å². The number of allylic oxidation sites excluding steroid dienone is 2. The second-order valence-electron chi connectivity index (χ2n) is 24.2. The monoisotopic (exact) mass is 1090 g/mol. The first kappa shape index (κ1) is 75.2. The van der Waals surface area contributed by atoms with Crippen LogP contribution in [0.4, 0.5) is 0 Å². The number of carbonyl (C=O) groups excluding carboxylic acids is 3. The maximum Gasteiger partial charge on any atom is 0.306 e. The Bertz CT molecular complexity index is 1200. The normalized spacial score (nSPS) is 12.0. The van der Waals surface area contributed by atoms with Gasteiger partial charge in [-0.05, 0) is 38.5 Å². The summed E-state index contributed by atoms with van der Waals surface area (Å²) in [6.07, 6.45) is 79.7. The topological polar surface area (TPSA) is 78.9 Å². The molecule has 1 unspecified atom stereocenters. The van der Waals surface area contributed by atoms with E-state index in [1.807, 2.05) is 0 Å². The molecule has 0 fully saturated rings. The molecule has 0 radical (unpaired) electrons. The van der Waals surface area contributed by atoms with Gasteiger partial charge in [0.1, 0.15) is 13.2 Å². The first-order chi connectivity index (χ1) is 38.0. The van der Waals surface area contributed by atoms with Crippen molar-refractivity contribution in [3.05, 3.63) is 12.2 Å². The van der Waals surface area contributed by atoms with Gasteiger partial charge < -0.3 is 14.2 Å². The number of carbonyl (C=O) groups is 3. The molecule has 0 aliphatic carbocycles. The number of hydrogen-bond donors (Lipinski definition) is 0. The fraction of sp³-hybridized carbons (Fsp3) is 0.930. The van der Waals surface area contributed by atoms with E-state index in [4.69, 9.17) is 14.2 Å². The highest BCUT2D eigenvalue weighted by molar-refractivity contribution is 5.71. The molecular formula is C71H136O6. The van der Waals surface area contributed by atoms with Crippen LogP contribution in [0.15, 0.2) is 12.2 Å². The highest BCUT2D eigenvalue weighted by Gasteiger charge is 2.19. The molecule has 6 heteroatoms. The Morgan fingerprint density at radius 1 is 0.247 bits per heavy atom. The number of rotatable bonds is 66. The fourth-order valence-electron chi connectivity index (χ4n) is 11.0. The summed E-state index contributed by atoms with van der Waals surface area (Å²) in [5, 5.41) is 0. The average molecular weight is 1090 g/mol. The second-order valence-corrected chi connectivity index (χ2v) is 24.2. The smallest absolute Gasteiger partial charge is 0.306 e. The highest BCUT2D eigenvalue weighted by atomic mass is 16.6. The summed E-state index contributed by atoms with van der Waals surface area (Å²) in [5.74, 6) is -0.843. The first-order valence-corrected chi connectivity index (χ1v) is 35.2. The minimum absolute atomic E-state index is 0.0659. The SMILES string of the molecule is CCCC/C=C\CCCCCCCC(=O)OCC(COC(=O)CCCCCCCCCCCCCCCCCCCCCCCCCCCCC)OC(=O)CCCCCCCCCCCCCCCCCCCCCCC. The van der Waals surface area contributed by atoms with Gasteiger partial charge in [-0.2, -0.15) is 0 Å². The van der Waals surface area contributed by atoms with Crippen LogP contribution in [-0.4, -0.2) is 37.2 Å². The Labute approximate surface area is 481 Å². The summed E-state index contributed by atoms with van der Waals surface area (Å²) in [5.41, 5.74) is 0. The van der Waals surface area contributed by atoms with Crippen LogP contribution in [0.2, 0.25) is 0 Å². The lowest BCUT2D eigenvalue weighted by atomic mass is 10.0. The van der Waals surface area contributed by atoms with Gasteiger partial charge in [-0.15, -0.1) is 0 Å². The molecule has 0 aliphatic rings. The lowest BCUT2D eigenvalue weighted by Crippen LogP contribution is -2.30. The van der Waals surface area contributed by atoms with Crippen LogP contribution < -0.4 is 0 Å². The van der Waals surface area contributed by atoms with Crippen LogP contribution in [0.1, 0.15) is 406 Å². The summed E-state index contributed by atoms with van der Waals surface area (Å²) in [4.78, 5) is 38.3. The maximum atomic E-state index is 12.9. The van der Waals surface area contributed by atoms with Gasteiger partial charge in [0.05, 0.1) is 0 Å². The summed E-state index contributed by atoms with van der Waals surface area (Å²) in [7, 11) is 0. The molecule has 0 aliphatic heterocycles. The van der Waals surface area contributed by atoms with Gasteiger partial charge in [0.2, 0.25) is 0 Å².